The summed E-state index contributed by atoms with van der Waals surface area (Å²) in [5, 5.41) is 10.2. The molecule has 0 bridgehead atoms. The Kier molecular flexibility index (Phi) is 8.10. The largest absolute Gasteiger partial charge is 0.488 e. The van der Waals surface area contributed by atoms with E-state index in [0.717, 1.165) is 12.3 Å². The normalized spacial score (nSPS) is 31.1. The Bertz CT molecular complexity index is 1060. The minimum atomic E-state index is -5.96. The smallest absolute Gasteiger partial charge is 0.387 e. The van der Waals surface area contributed by atoms with E-state index in [0.29, 0.717) is 4.57 Å². The van der Waals surface area contributed by atoms with Gasteiger partial charge in [-0.15, -0.1) is 11.6 Å². The van der Waals surface area contributed by atoms with Crippen LogP contribution in [-0.4, -0.2) is 63.9 Å². The molecule has 0 spiro atoms. The van der Waals surface area contributed by atoms with Gasteiger partial charge in [0, 0.05) is 12.6 Å². The number of halogens is 3. The third-order valence-electron chi connectivity index (χ3n) is 4.12. The number of nitrogen functional groups attached to an aromatic ring is 1. The lowest BCUT2D eigenvalue weighted by molar-refractivity contribution is -0.100. The molecular formula is C11H17ClF2N3O12P3. The predicted octanol–water partition coefficient (Wildman–Crippen LogP) is 0.128. The second-order valence-corrected chi connectivity index (χ2v) is 11.6. The standard InChI is InChI=1S/C11H17ClF2N3O12P3/c12-4-11(3-5(13)30(20,21)28-32(25,26)29-31(22,23)24)8(18)7(14)9(27-11)17-2-1-6(15)16-10(17)19/h1-2,5,7-9,18H,3-4H2,(H,20,21)(H,25,26)(H2,15,16,19)(H2,22,23,24)/t5?,7-,8+,9-,11+/m1/s1. The first-order valence-electron chi connectivity index (χ1n) is 8.11. The Balaban J connectivity index is 2.28. The summed E-state index contributed by atoms with van der Waals surface area (Å²) in [4.78, 5) is 51.0. The molecule has 0 amide bonds. The van der Waals surface area contributed by atoms with Crippen LogP contribution in [0.3, 0.4) is 0 Å². The van der Waals surface area contributed by atoms with Crippen LogP contribution in [0.2, 0.25) is 0 Å². The van der Waals surface area contributed by atoms with Crippen molar-refractivity contribution in [1.29, 1.82) is 0 Å². The van der Waals surface area contributed by atoms with E-state index in [4.69, 9.17) is 36.8 Å². The molecule has 1 saturated heterocycles. The topological polar surface area (TPSA) is 241 Å². The molecule has 7 N–H and O–H groups in total. The number of rotatable bonds is 9. The van der Waals surface area contributed by atoms with Crippen molar-refractivity contribution >= 4 is 40.7 Å². The predicted molar refractivity (Wildman–Crippen MR) is 101 cm³/mol. The fourth-order valence-corrected chi connectivity index (χ4v) is 6.66. The Morgan fingerprint density at radius 3 is 2.41 bits per heavy atom. The molecule has 15 nitrogen and oxygen atoms in total. The molecule has 32 heavy (non-hydrogen) atoms. The van der Waals surface area contributed by atoms with Crippen molar-refractivity contribution in [3.05, 3.63) is 22.7 Å². The van der Waals surface area contributed by atoms with Crippen molar-refractivity contribution in [2.24, 2.45) is 0 Å². The number of anilines is 1. The number of aromatic nitrogens is 2. The third kappa shape index (κ3) is 6.20. The SMILES string of the molecule is Nc1ccn([C@@H]2O[C@](CCl)(CC(F)P(=O)(O)OP(=O)(O)OP(=O)(O)O)[C@@H](O)[C@H]2F)c(=O)n1. The summed E-state index contributed by atoms with van der Waals surface area (Å²) in [6.07, 6.45) is -7.09. The maximum atomic E-state index is 14.7. The summed E-state index contributed by atoms with van der Waals surface area (Å²) >= 11 is 5.67. The molecule has 0 aliphatic carbocycles. The highest BCUT2D eigenvalue weighted by atomic mass is 35.5. The van der Waals surface area contributed by atoms with Crippen molar-refractivity contribution in [2.45, 2.75) is 36.4 Å². The van der Waals surface area contributed by atoms with Crippen molar-refractivity contribution in [3.63, 3.8) is 0 Å². The van der Waals surface area contributed by atoms with E-state index in [9.17, 15) is 37.3 Å². The minimum Gasteiger partial charge on any atom is -0.387 e. The van der Waals surface area contributed by atoms with Gasteiger partial charge < -0.3 is 35.2 Å². The van der Waals surface area contributed by atoms with Crippen molar-refractivity contribution < 1.29 is 60.5 Å². The Morgan fingerprint density at radius 1 is 1.31 bits per heavy atom. The van der Waals surface area contributed by atoms with Gasteiger partial charge in [0.05, 0.1) is 5.88 Å². The maximum Gasteiger partial charge on any atom is 0.488 e. The van der Waals surface area contributed by atoms with Crippen LogP contribution in [0.4, 0.5) is 14.6 Å². The number of alkyl halides is 3. The second-order valence-electron chi connectivity index (χ2n) is 6.46. The highest BCUT2D eigenvalue weighted by Crippen LogP contribution is 2.68. The van der Waals surface area contributed by atoms with E-state index in [1.807, 2.05) is 0 Å². The van der Waals surface area contributed by atoms with E-state index >= 15 is 0 Å². The van der Waals surface area contributed by atoms with E-state index < -0.39 is 71.2 Å². The Hall–Kier alpha value is -0.800. The van der Waals surface area contributed by atoms with Gasteiger partial charge in [-0.05, 0) is 6.07 Å². The number of aliphatic hydroxyl groups excluding tert-OH is 1. The molecule has 0 radical (unpaired) electrons. The van der Waals surface area contributed by atoms with Crippen LogP contribution in [0, 0.1) is 0 Å². The molecule has 0 saturated carbocycles. The van der Waals surface area contributed by atoms with Gasteiger partial charge in [-0.3, -0.25) is 9.13 Å². The molecule has 1 aliphatic heterocycles. The first-order chi connectivity index (χ1) is 14.4. The molecule has 3 unspecified atom stereocenters. The number of hydrogen-bond donors (Lipinski definition) is 6. The second kappa shape index (κ2) is 9.45. The highest BCUT2D eigenvalue weighted by molar-refractivity contribution is 7.68. The lowest BCUT2D eigenvalue weighted by Gasteiger charge is -2.31. The molecule has 1 aromatic rings. The average Bonchev–Trinajstić information content (AvgIpc) is 2.84. The number of nitrogens with zero attached hydrogens (tertiary/aromatic N) is 2. The molecule has 1 aliphatic rings. The van der Waals surface area contributed by atoms with Gasteiger partial charge in [-0.2, -0.15) is 9.29 Å². The summed E-state index contributed by atoms with van der Waals surface area (Å²) in [6.45, 7) is 0. The monoisotopic (exact) mass is 549 g/mol. The molecule has 7 atom stereocenters. The van der Waals surface area contributed by atoms with E-state index in [1.165, 1.54) is 0 Å². The fourth-order valence-electron chi connectivity index (χ4n) is 2.73. The van der Waals surface area contributed by atoms with Crippen molar-refractivity contribution in [2.75, 3.05) is 11.6 Å². The fraction of sp³-hybridized carbons (Fsp3) is 0.636. The quantitative estimate of drug-likeness (QED) is 0.177. The van der Waals surface area contributed by atoms with E-state index in [-0.39, 0.29) is 5.82 Å². The molecular weight excluding hydrogens is 533 g/mol. The van der Waals surface area contributed by atoms with E-state index in [1.54, 1.807) is 0 Å². The number of nitrogens with two attached hydrogens (primary N) is 1. The molecule has 1 fully saturated rings. The summed E-state index contributed by atoms with van der Waals surface area (Å²) in [5.74, 6) is -4.33. The molecule has 1 aromatic heterocycles. The Morgan fingerprint density at radius 2 is 1.91 bits per heavy atom. The van der Waals surface area contributed by atoms with Gasteiger partial charge in [-0.1, -0.05) is 0 Å². The lowest BCUT2D eigenvalue weighted by atomic mass is 9.94. The summed E-state index contributed by atoms with van der Waals surface area (Å²) in [6, 6.07) is 1.08. The zero-order valence-electron chi connectivity index (χ0n) is 15.4. The van der Waals surface area contributed by atoms with Crippen LogP contribution in [0.5, 0.6) is 0 Å². The third-order valence-corrected chi connectivity index (χ3v) is 8.90. The van der Waals surface area contributed by atoms with Gasteiger partial charge in [-0.25, -0.2) is 27.0 Å². The number of phosphoric acid groups is 2. The minimum absolute atomic E-state index is 0.225. The first kappa shape index (κ1) is 27.4. The van der Waals surface area contributed by atoms with Gasteiger partial charge in [0.2, 0.25) is 5.91 Å². The van der Waals surface area contributed by atoms with Crippen LogP contribution in [-0.2, 0) is 27.1 Å². The molecule has 184 valence electrons. The van der Waals surface area contributed by atoms with Gasteiger partial charge >= 0.3 is 28.9 Å². The van der Waals surface area contributed by atoms with Gasteiger partial charge in [0.15, 0.2) is 12.4 Å². The highest BCUT2D eigenvalue weighted by Gasteiger charge is 2.59. The summed E-state index contributed by atoms with van der Waals surface area (Å²) in [7, 11) is -17.5. The lowest BCUT2D eigenvalue weighted by Crippen LogP contribution is -2.46. The van der Waals surface area contributed by atoms with Crippen molar-refractivity contribution in [1.82, 2.24) is 9.55 Å². The van der Waals surface area contributed by atoms with Crippen LogP contribution in [0.25, 0.3) is 0 Å². The van der Waals surface area contributed by atoms with Crippen LogP contribution in [0.1, 0.15) is 12.6 Å². The zero-order chi connectivity index (χ0) is 24.7. The molecule has 2 heterocycles. The van der Waals surface area contributed by atoms with E-state index in [2.05, 4.69) is 13.6 Å². The molecule has 21 heteroatoms. The van der Waals surface area contributed by atoms with Crippen molar-refractivity contribution in [3.8, 4) is 0 Å². The first-order valence-corrected chi connectivity index (χ1v) is 13.3. The Labute approximate surface area is 182 Å². The molecule has 0 aromatic carbocycles. The summed E-state index contributed by atoms with van der Waals surface area (Å²) in [5.41, 5.74) is 1.74. The summed E-state index contributed by atoms with van der Waals surface area (Å²) < 4.78 is 76.1. The van der Waals surface area contributed by atoms with Crippen LogP contribution < -0.4 is 11.4 Å². The number of aliphatic hydroxyl groups is 1. The van der Waals surface area contributed by atoms with Gasteiger partial charge in [0.1, 0.15) is 17.5 Å². The van der Waals surface area contributed by atoms with Gasteiger partial charge in [0.25, 0.3) is 0 Å². The zero-order valence-corrected chi connectivity index (χ0v) is 18.9. The molecule has 2 rings (SSSR count). The number of hydrogen-bond acceptors (Lipinski definition) is 10. The number of ether oxygens (including phenoxy) is 1. The average molecular weight is 550 g/mol. The van der Waals surface area contributed by atoms with Crippen LogP contribution in [0.15, 0.2) is 17.1 Å². The van der Waals surface area contributed by atoms with Crippen LogP contribution >= 0.6 is 34.8 Å². The maximum absolute atomic E-state index is 14.7.